The zero-order valence-electron chi connectivity index (χ0n) is 17.4. The highest BCUT2D eigenvalue weighted by molar-refractivity contribution is 6.08. The minimum atomic E-state index is -0.336. The number of nitrogens with one attached hydrogen (secondary N) is 1. The van der Waals surface area contributed by atoms with Crippen LogP contribution in [0.3, 0.4) is 0 Å². The minimum Gasteiger partial charge on any atom is -0.321 e. The first-order chi connectivity index (χ1) is 14.4. The zero-order valence-corrected chi connectivity index (χ0v) is 17.4. The largest absolute Gasteiger partial charge is 0.321 e. The summed E-state index contributed by atoms with van der Waals surface area (Å²) in [4.78, 5) is 32.0. The van der Waals surface area contributed by atoms with Gasteiger partial charge in [-0.05, 0) is 60.7 Å². The molecule has 2 aromatic carbocycles. The summed E-state index contributed by atoms with van der Waals surface area (Å²) >= 11 is 0. The molecular formula is C25H25N3O2. The quantitative estimate of drug-likeness (QED) is 0.668. The van der Waals surface area contributed by atoms with Gasteiger partial charge in [0.1, 0.15) is 11.4 Å². The summed E-state index contributed by atoms with van der Waals surface area (Å²) in [7, 11) is 0. The zero-order chi connectivity index (χ0) is 21.3. The smallest absolute Gasteiger partial charge is 0.277 e. The molecule has 0 radical (unpaired) electrons. The number of hydrogen-bond acceptors (Lipinski definition) is 3. The van der Waals surface area contributed by atoms with E-state index in [0.29, 0.717) is 11.6 Å². The monoisotopic (exact) mass is 399 g/mol. The molecule has 1 N–H and O–H groups in total. The maximum atomic E-state index is 13.2. The molecule has 3 aromatic rings. The fraction of sp³-hybridized carbons (Fsp3) is 0.240. The number of para-hydroxylation sites is 1. The van der Waals surface area contributed by atoms with Crippen LogP contribution in [-0.2, 0) is 6.42 Å². The lowest BCUT2D eigenvalue weighted by Gasteiger charge is -2.22. The SMILES string of the molecule is CC(C)c1ccc(NC(=O)c2cccc(C(=O)N3c4ccccc4CC3C)n2)cc1. The molecule has 1 aromatic heterocycles. The van der Waals surface area contributed by atoms with Crippen molar-refractivity contribution in [3.63, 3.8) is 0 Å². The van der Waals surface area contributed by atoms with E-state index >= 15 is 0 Å². The van der Waals surface area contributed by atoms with Gasteiger partial charge in [0.05, 0.1) is 0 Å². The minimum absolute atomic E-state index is 0.0497. The van der Waals surface area contributed by atoms with Gasteiger partial charge in [-0.2, -0.15) is 0 Å². The van der Waals surface area contributed by atoms with E-state index in [4.69, 9.17) is 0 Å². The van der Waals surface area contributed by atoms with Crippen LogP contribution in [0.5, 0.6) is 0 Å². The Balaban J connectivity index is 1.54. The number of pyridine rings is 1. The van der Waals surface area contributed by atoms with Crippen molar-refractivity contribution in [1.82, 2.24) is 4.98 Å². The number of hydrogen-bond donors (Lipinski definition) is 1. The Kier molecular flexibility index (Phi) is 5.36. The van der Waals surface area contributed by atoms with Crippen LogP contribution in [0.4, 0.5) is 11.4 Å². The normalized spacial score (nSPS) is 15.2. The third-order valence-electron chi connectivity index (χ3n) is 5.46. The van der Waals surface area contributed by atoms with Crippen LogP contribution in [0, 0.1) is 0 Å². The van der Waals surface area contributed by atoms with Crippen LogP contribution in [0.1, 0.15) is 58.8 Å². The van der Waals surface area contributed by atoms with Crippen LogP contribution >= 0.6 is 0 Å². The van der Waals surface area contributed by atoms with Gasteiger partial charge in [-0.1, -0.05) is 50.2 Å². The molecule has 152 valence electrons. The maximum Gasteiger partial charge on any atom is 0.277 e. The molecule has 0 fully saturated rings. The summed E-state index contributed by atoms with van der Waals surface area (Å²) in [5.41, 5.74) is 4.45. The van der Waals surface area contributed by atoms with Crippen molar-refractivity contribution in [2.45, 2.75) is 39.2 Å². The topological polar surface area (TPSA) is 62.3 Å². The van der Waals surface area contributed by atoms with Crippen molar-refractivity contribution >= 4 is 23.2 Å². The highest BCUT2D eigenvalue weighted by Gasteiger charge is 2.32. The molecule has 0 spiro atoms. The number of fused-ring (bicyclic) bond motifs is 1. The predicted octanol–water partition coefficient (Wildman–Crippen LogP) is 5.05. The average molecular weight is 399 g/mol. The fourth-order valence-corrected chi connectivity index (χ4v) is 3.83. The average Bonchev–Trinajstić information content (AvgIpc) is 3.09. The molecular weight excluding hydrogens is 374 g/mol. The van der Waals surface area contributed by atoms with Gasteiger partial charge in [-0.3, -0.25) is 9.59 Å². The lowest BCUT2D eigenvalue weighted by molar-refractivity contribution is 0.0976. The number of rotatable bonds is 4. The molecule has 30 heavy (non-hydrogen) atoms. The Morgan fingerprint density at radius 1 is 0.967 bits per heavy atom. The highest BCUT2D eigenvalue weighted by atomic mass is 16.2. The van der Waals surface area contributed by atoms with Crippen molar-refractivity contribution in [1.29, 1.82) is 0 Å². The van der Waals surface area contributed by atoms with Crippen LogP contribution in [0.15, 0.2) is 66.7 Å². The molecule has 1 aliphatic rings. The molecule has 1 aliphatic heterocycles. The lowest BCUT2D eigenvalue weighted by Crippen LogP contribution is -2.36. The molecule has 2 amide bonds. The van der Waals surface area contributed by atoms with Crippen molar-refractivity contribution in [3.05, 3.63) is 89.2 Å². The van der Waals surface area contributed by atoms with E-state index in [-0.39, 0.29) is 29.2 Å². The number of benzene rings is 2. The van der Waals surface area contributed by atoms with Gasteiger partial charge >= 0.3 is 0 Å². The Morgan fingerprint density at radius 3 is 2.40 bits per heavy atom. The molecule has 5 heteroatoms. The molecule has 5 nitrogen and oxygen atoms in total. The number of aromatic nitrogens is 1. The molecule has 1 atom stereocenters. The Labute approximate surface area is 176 Å². The van der Waals surface area contributed by atoms with Gasteiger partial charge in [-0.15, -0.1) is 0 Å². The number of nitrogens with zero attached hydrogens (tertiary/aromatic N) is 2. The first-order valence-electron chi connectivity index (χ1n) is 10.2. The van der Waals surface area contributed by atoms with Crippen LogP contribution in [0.25, 0.3) is 0 Å². The van der Waals surface area contributed by atoms with Gasteiger partial charge < -0.3 is 10.2 Å². The lowest BCUT2D eigenvalue weighted by atomic mass is 10.0. The molecule has 2 heterocycles. The van der Waals surface area contributed by atoms with Gasteiger partial charge in [-0.25, -0.2) is 4.98 Å². The summed E-state index contributed by atoms with van der Waals surface area (Å²) < 4.78 is 0. The molecule has 0 bridgehead atoms. The summed E-state index contributed by atoms with van der Waals surface area (Å²) in [5, 5.41) is 2.86. The molecule has 0 saturated carbocycles. The number of carbonyl (C=O) groups is 2. The molecule has 1 unspecified atom stereocenters. The molecule has 0 aliphatic carbocycles. The van der Waals surface area contributed by atoms with Gasteiger partial charge in [0.15, 0.2) is 0 Å². The van der Waals surface area contributed by atoms with Gasteiger partial charge in [0.25, 0.3) is 11.8 Å². The summed E-state index contributed by atoms with van der Waals surface area (Å²) in [6.07, 6.45) is 0.814. The predicted molar refractivity (Wildman–Crippen MR) is 119 cm³/mol. The summed E-state index contributed by atoms with van der Waals surface area (Å²) in [5.74, 6) is -0.0996. The highest BCUT2D eigenvalue weighted by Crippen LogP contribution is 2.32. The Morgan fingerprint density at radius 2 is 1.67 bits per heavy atom. The second kappa shape index (κ2) is 8.11. The van der Waals surface area contributed by atoms with Crippen LogP contribution in [0.2, 0.25) is 0 Å². The van der Waals surface area contributed by atoms with E-state index in [0.717, 1.165) is 17.7 Å². The van der Waals surface area contributed by atoms with E-state index in [1.165, 1.54) is 5.56 Å². The summed E-state index contributed by atoms with van der Waals surface area (Å²) in [6, 6.07) is 20.7. The van der Waals surface area contributed by atoms with E-state index in [9.17, 15) is 9.59 Å². The standard InChI is InChI=1S/C25H25N3O2/c1-16(2)18-11-13-20(14-12-18)26-24(29)21-8-6-9-22(27-21)25(30)28-17(3)15-19-7-4-5-10-23(19)28/h4-14,16-17H,15H2,1-3H3,(H,26,29). The first-order valence-corrected chi connectivity index (χ1v) is 10.2. The third-order valence-corrected chi connectivity index (χ3v) is 5.46. The van der Waals surface area contributed by atoms with E-state index in [1.807, 2.05) is 55.5 Å². The van der Waals surface area contributed by atoms with Gasteiger partial charge in [0, 0.05) is 17.4 Å². The van der Waals surface area contributed by atoms with Crippen LogP contribution in [-0.4, -0.2) is 22.8 Å². The Hall–Kier alpha value is -3.47. The van der Waals surface area contributed by atoms with Crippen molar-refractivity contribution in [3.8, 4) is 0 Å². The molecule has 0 saturated heterocycles. The van der Waals surface area contributed by atoms with Crippen molar-refractivity contribution in [2.24, 2.45) is 0 Å². The van der Waals surface area contributed by atoms with Gasteiger partial charge in [0.2, 0.25) is 0 Å². The van der Waals surface area contributed by atoms with E-state index < -0.39 is 0 Å². The second-order valence-corrected chi connectivity index (χ2v) is 8.00. The second-order valence-electron chi connectivity index (χ2n) is 8.00. The molecule has 4 rings (SSSR count). The number of amides is 2. The summed E-state index contributed by atoms with van der Waals surface area (Å²) in [6.45, 7) is 6.27. The number of anilines is 2. The fourth-order valence-electron chi connectivity index (χ4n) is 3.83. The Bertz CT molecular complexity index is 1090. The number of carbonyl (C=O) groups excluding carboxylic acids is 2. The third kappa shape index (κ3) is 3.83. The van der Waals surface area contributed by atoms with E-state index in [1.54, 1.807) is 23.1 Å². The van der Waals surface area contributed by atoms with Crippen molar-refractivity contribution in [2.75, 3.05) is 10.2 Å². The maximum absolute atomic E-state index is 13.2. The van der Waals surface area contributed by atoms with E-state index in [2.05, 4.69) is 24.1 Å². The first kappa shape index (κ1) is 19.8. The van der Waals surface area contributed by atoms with Crippen molar-refractivity contribution < 1.29 is 9.59 Å². The van der Waals surface area contributed by atoms with Crippen LogP contribution < -0.4 is 10.2 Å².